The molecular weight excluding hydrogens is 231 g/mol. The molecule has 1 aromatic heterocycles. The second-order valence-electron chi connectivity index (χ2n) is 3.96. The zero-order chi connectivity index (χ0) is 13.0. The topological polar surface area (TPSA) is 38.0 Å². The molecule has 4 heteroatoms. The van der Waals surface area contributed by atoms with Crippen molar-refractivity contribution in [2.24, 2.45) is 0 Å². The highest BCUT2D eigenvalue weighted by Crippen LogP contribution is 2.10. The molecule has 0 aliphatic carbocycles. The molecule has 0 spiro atoms. The van der Waals surface area contributed by atoms with Gasteiger partial charge in [-0.3, -0.25) is 4.68 Å². The van der Waals surface area contributed by atoms with E-state index in [1.54, 1.807) is 10.7 Å². The third kappa shape index (κ3) is 3.19. The maximum Gasteiger partial charge on any atom is 0.124 e. The van der Waals surface area contributed by atoms with Crippen molar-refractivity contribution in [1.29, 1.82) is 0 Å². The van der Waals surface area contributed by atoms with Crippen molar-refractivity contribution in [3.05, 3.63) is 53.1 Å². The van der Waals surface area contributed by atoms with E-state index in [2.05, 4.69) is 16.9 Å². The molecule has 0 radical (unpaired) electrons. The van der Waals surface area contributed by atoms with E-state index in [4.69, 9.17) is 5.11 Å². The molecule has 1 heterocycles. The Morgan fingerprint density at radius 1 is 1.39 bits per heavy atom. The number of hydrogen-bond acceptors (Lipinski definition) is 2. The van der Waals surface area contributed by atoms with Gasteiger partial charge in [0.25, 0.3) is 0 Å². The molecule has 0 aliphatic heterocycles. The lowest BCUT2D eigenvalue weighted by Crippen LogP contribution is -2.01. The van der Waals surface area contributed by atoms with Crippen LogP contribution >= 0.6 is 0 Å². The van der Waals surface area contributed by atoms with Crippen molar-refractivity contribution in [2.45, 2.75) is 13.5 Å². The molecule has 0 fully saturated rings. The fraction of sp³-hybridized carbons (Fsp3) is 0.214. The molecule has 2 aromatic rings. The fourth-order valence-electron chi connectivity index (χ4n) is 1.69. The van der Waals surface area contributed by atoms with E-state index >= 15 is 0 Å². The normalized spacial score (nSPS) is 9.94. The van der Waals surface area contributed by atoms with E-state index < -0.39 is 0 Å². The van der Waals surface area contributed by atoms with Crippen molar-refractivity contribution in [1.82, 2.24) is 9.78 Å². The van der Waals surface area contributed by atoms with Crippen molar-refractivity contribution < 1.29 is 9.50 Å². The van der Waals surface area contributed by atoms with E-state index in [-0.39, 0.29) is 12.4 Å². The smallest absolute Gasteiger partial charge is 0.124 e. The minimum absolute atomic E-state index is 0.232. The van der Waals surface area contributed by atoms with Crippen molar-refractivity contribution >= 4 is 0 Å². The van der Waals surface area contributed by atoms with Crippen molar-refractivity contribution in [3.63, 3.8) is 0 Å². The molecule has 3 nitrogen and oxygen atoms in total. The summed E-state index contributed by atoms with van der Waals surface area (Å²) >= 11 is 0. The quantitative estimate of drug-likeness (QED) is 0.817. The SMILES string of the molecule is Cc1ccn(Cc2cc(F)cc(C#CCO)c2)n1. The van der Waals surface area contributed by atoms with Crippen LogP contribution in [0, 0.1) is 24.6 Å². The highest BCUT2D eigenvalue weighted by Gasteiger charge is 2.01. The summed E-state index contributed by atoms with van der Waals surface area (Å²) in [5.74, 6) is 4.87. The predicted molar refractivity (Wildman–Crippen MR) is 66.4 cm³/mol. The van der Waals surface area contributed by atoms with Crippen LogP contribution in [0.15, 0.2) is 30.5 Å². The van der Waals surface area contributed by atoms with Gasteiger partial charge in [0.2, 0.25) is 0 Å². The van der Waals surface area contributed by atoms with Crippen LogP contribution in [0.5, 0.6) is 0 Å². The van der Waals surface area contributed by atoms with E-state index in [1.165, 1.54) is 12.1 Å². The fourth-order valence-corrected chi connectivity index (χ4v) is 1.69. The summed E-state index contributed by atoms with van der Waals surface area (Å²) in [6, 6.07) is 6.50. The van der Waals surface area contributed by atoms with Crippen LogP contribution in [-0.4, -0.2) is 21.5 Å². The first kappa shape index (κ1) is 12.3. The second-order valence-corrected chi connectivity index (χ2v) is 3.96. The average Bonchev–Trinajstić information content (AvgIpc) is 2.71. The van der Waals surface area contributed by atoms with Gasteiger partial charge < -0.3 is 5.11 Å². The van der Waals surface area contributed by atoms with Gasteiger partial charge in [0.15, 0.2) is 0 Å². The molecule has 1 aromatic carbocycles. The minimum atomic E-state index is -0.335. The van der Waals surface area contributed by atoms with Gasteiger partial charge in [0.1, 0.15) is 12.4 Å². The Labute approximate surface area is 105 Å². The number of aliphatic hydroxyl groups excluding tert-OH is 1. The van der Waals surface area contributed by atoms with Crippen LogP contribution in [-0.2, 0) is 6.54 Å². The Hall–Kier alpha value is -2.12. The largest absolute Gasteiger partial charge is 0.384 e. The zero-order valence-electron chi connectivity index (χ0n) is 10.0. The summed E-state index contributed by atoms with van der Waals surface area (Å²) in [6.07, 6.45) is 1.85. The van der Waals surface area contributed by atoms with Crippen LogP contribution in [0.25, 0.3) is 0 Å². The molecule has 0 aliphatic rings. The summed E-state index contributed by atoms with van der Waals surface area (Å²) in [6.45, 7) is 2.17. The average molecular weight is 244 g/mol. The molecule has 18 heavy (non-hydrogen) atoms. The van der Waals surface area contributed by atoms with Gasteiger partial charge in [-0.25, -0.2) is 4.39 Å². The van der Waals surface area contributed by atoms with Gasteiger partial charge in [-0.05, 0) is 36.8 Å². The van der Waals surface area contributed by atoms with E-state index in [1.807, 2.05) is 19.2 Å². The first-order chi connectivity index (χ1) is 8.67. The molecule has 1 N–H and O–H groups in total. The van der Waals surface area contributed by atoms with Crippen molar-refractivity contribution in [3.8, 4) is 11.8 Å². The van der Waals surface area contributed by atoms with Crippen LogP contribution < -0.4 is 0 Å². The summed E-state index contributed by atoms with van der Waals surface area (Å²) in [5, 5.41) is 12.9. The number of nitrogens with zero attached hydrogens (tertiary/aromatic N) is 2. The maximum absolute atomic E-state index is 13.4. The van der Waals surface area contributed by atoms with Crippen LogP contribution in [0.4, 0.5) is 4.39 Å². The molecule has 0 amide bonds. The Balaban J connectivity index is 2.25. The van der Waals surface area contributed by atoms with Gasteiger partial charge in [0.05, 0.1) is 12.2 Å². The number of rotatable bonds is 2. The zero-order valence-corrected chi connectivity index (χ0v) is 10.0. The number of halogens is 1. The van der Waals surface area contributed by atoms with Crippen LogP contribution in [0.2, 0.25) is 0 Å². The first-order valence-corrected chi connectivity index (χ1v) is 5.56. The molecule has 0 atom stereocenters. The molecule has 0 bridgehead atoms. The standard InChI is InChI=1S/C14H13FN2O/c1-11-4-5-17(16-11)10-13-7-12(3-2-6-18)8-14(15)9-13/h4-5,7-9,18H,6,10H2,1H3. The summed E-state index contributed by atoms with van der Waals surface area (Å²) in [7, 11) is 0. The second kappa shape index (κ2) is 5.48. The number of hydrogen-bond donors (Lipinski definition) is 1. The number of benzene rings is 1. The predicted octanol–water partition coefficient (Wildman–Crippen LogP) is 1.72. The summed E-state index contributed by atoms with van der Waals surface area (Å²) in [5.41, 5.74) is 2.27. The van der Waals surface area contributed by atoms with Gasteiger partial charge in [0, 0.05) is 11.8 Å². The molecule has 92 valence electrons. The third-order valence-corrected chi connectivity index (χ3v) is 2.39. The van der Waals surface area contributed by atoms with E-state index in [0.29, 0.717) is 12.1 Å². The molecular formula is C14H13FN2O. The first-order valence-electron chi connectivity index (χ1n) is 5.56. The summed E-state index contributed by atoms with van der Waals surface area (Å²) in [4.78, 5) is 0. The van der Waals surface area contributed by atoms with Gasteiger partial charge >= 0.3 is 0 Å². The van der Waals surface area contributed by atoms with Gasteiger partial charge in [-0.1, -0.05) is 11.8 Å². The van der Waals surface area contributed by atoms with Crippen molar-refractivity contribution in [2.75, 3.05) is 6.61 Å². The van der Waals surface area contributed by atoms with Gasteiger partial charge in [-0.15, -0.1) is 0 Å². The number of aliphatic hydroxyl groups is 1. The monoisotopic (exact) mass is 244 g/mol. The minimum Gasteiger partial charge on any atom is -0.384 e. The Morgan fingerprint density at radius 3 is 2.89 bits per heavy atom. The Kier molecular flexibility index (Phi) is 3.75. The summed E-state index contributed by atoms with van der Waals surface area (Å²) < 4.78 is 15.1. The number of aryl methyl sites for hydroxylation is 1. The lowest BCUT2D eigenvalue weighted by atomic mass is 10.1. The maximum atomic E-state index is 13.4. The van der Waals surface area contributed by atoms with Crippen LogP contribution in [0.3, 0.4) is 0 Å². The van der Waals surface area contributed by atoms with Gasteiger partial charge in [-0.2, -0.15) is 5.10 Å². The van der Waals surface area contributed by atoms with E-state index in [9.17, 15) is 4.39 Å². The number of aromatic nitrogens is 2. The molecule has 0 saturated carbocycles. The molecule has 0 unspecified atom stereocenters. The third-order valence-electron chi connectivity index (χ3n) is 2.39. The van der Waals surface area contributed by atoms with E-state index in [0.717, 1.165) is 11.3 Å². The lowest BCUT2D eigenvalue weighted by Gasteiger charge is -2.03. The Morgan fingerprint density at radius 2 is 2.22 bits per heavy atom. The lowest BCUT2D eigenvalue weighted by molar-refractivity contribution is 0.350. The molecule has 2 rings (SSSR count). The molecule has 0 saturated heterocycles. The highest BCUT2D eigenvalue weighted by molar-refractivity contribution is 5.37. The Bertz CT molecular complexity index is 608. The van der Waals surface area contributed by atoms with Crippen LogP contribution in [0.1, 0.15) is 16.8 Å². The highest BCUT2D eigenvalue weighted by atomic mass is 19.1.